The molecular weight excluding hydrogens is 220 g/mol. The van der Waals surface area contributed by atoms with Gasteiger partial charge in [0.05, 0.1) is 0 Å². The van der Waals surface area contributed by atoms with Gasteiger partial charge in [0.15, 0.2) is 0 Å². The molecule has 0 saturated carbocycles. The molecule has 0 fully saturated rings. The summed E-state index contributed by atoms with van der Waals surface area (Å²) >= 11 is 5.71. The van der Waals surface area contributed by atoms with Gasteiger partial charge in [0.25, 0.3) is 5.89 Å². The average molecular weight is 227 g/mol. The summed E-state index contributed by atoms with van der Waals surface area (Å²) in [5.41, 5.74) is 0.666. The highest BCUT2D eigenvalue weighted by Crippen LogP contribution is 2.20. The third kappa shape index (κ3) is 2.15. The van der Waals surface area contributed by atoms with Crippen molar-refractivity contribution < 1.29 is 14.7 Å². The number of halogens is 1. The molecule has 0 aliphatic heterocycles. The standard InChI is InChI=1S/C9H7ClN2O3/c10-6-3-1-5(2-4-6)8-11-7(9(13)14)12-15-8/h1-4,9,13-14H. The van der Waals surface area contributed by atoms with Crippen LogP contribution in [0.3, 0.4) is 0 Å². The highest BCUT2D eigenvalue weighted by atomic mass is 35.5. The average Bonchev–Trinajstić information content (AvgIpc) is 2.68. The van der Waals surface area contributed by atoms with E-state index in [1.807, 2.05) is 0 Å². The van der Waals surface area contributed by atoms with Gasteiger partial charge in [-0.2, -0.15) is 4.98 Å². The van der Waals surface area contributed by atoms with Crippen molar-refractivity contribution >= 4 is 11.6 Å². The van der Waals surface area contributed by atoms with E-state index >= 15 is 0 Å². The van der Waals surface area contributed by atoms with Gasteiger partial charge < -0.3 is 14.7 Å². The van der Waals surface area contributed by atoms with Crippen LogP contribution in [0.25, 0.3) is 11.5 Å². The fraction of sp³-hybridized carbons (Fsp3) is 0.111. The molecule has 2 rings (SSSR count). The summed E-state index contributed by atoms with van der Waals surface area (Å²) in [5, 5.41) is 21.5. The molecule has 0 amide bonds. The maximum Gasteiger partial charge on any atom is 0.258 e. The molecule has 0 aliphatic carbocycles. The number of hydrogen-bond donors (Lipinski definition) is 2. The van der Waals surface area contributed by atoms with Crippen LogP contribution in [-0.2, 0) is 0 Å². The summed E-state index contributed by atoms with van der Waals surface area (Å²) < 4.78 is 4.83. The lowest BCUT2D eigenvalue weighted by molar-refractivity contribution is -0.0506. The summed E-state index contributed by atoms with van der Waals surface area (Å²) in [6, 6.07) is 6.75. The quantitative estimate of drug-likeness (QED) is 0.756. The van der Waals surface area contributed by atoms with E-state index < -0.39 is 6.29 Å². The second-order valence-electron chi connectivity index (χ2n) is 2.84. The number of rotatable bonds is 2. The second-order valence-corrected chi connectivity index (χ2v) is 3.27. The smallest absolute Gasteiger partial charge is 0.258 e. The van der Waals surface area contributed by atoms with Crippen molar-refractivity contribution in [1.82, 2.24) is 10.1 Å². The molecule has 0 spiro atoms. The minimum Gasteiger partial charge on any atom is -0.362 e. The Morgan fingerprint density at radius 2 is 1.87 bits per heavy atom. The van der Waals surface area contributed by atoms with Crippen LogP contribution in [0.5, 0.6) is 0 Å². The summed E-state index contributed by atoms with van der Waals surface area (Å²) in [5.74, 6) is 0.0507. The molecule has 0 radical (unpaired) electrons. The Balaban J connectivity index is 2.33. The van der Waals surface area contributed by atoms with Gasteiger partial charge in [-0.15, -0.1) is 0 Å². The van der Waals surface area contributed by atoms with Gasteiger partial charge in [-0.05, 0) is 24.3 Å². The number of aliphatic hydroxyl groups excluding tert-OH is 1. The molecule has 0 unspecified atom stereocenters. The maximum absolute atomic E-state index is 8.78. The Bertz CT molecular complexity index is 453. The molecular formula is C9H7ClN2O3. The SMILES string of the molecule is OC(O)c1noc(-c2ccc(Cl)cc2)n1. The van der Waals surface area contributed by atoms with Crippen molar-refractivity contribution in [2.24, 2.45) is 0 Å². The minimum atomic E-state index is -1.73. The molecule has 1 heterocycles. The number of nitrogens with zero attached hydrogens (tertiary/aromatic N) is 2. The van der Waals surface area contributed by atoms with Crippen LogP contribution in [0.15, 0.2) is 28.8 Å². The van der Waals surface area contributed by atoms with Crippen molar-refractivity contribution in [3.8, 4) is 11.5 Å². The van der Waals surface area contributed by atoms with E-state index in [0.29, 0.717) is 10.6 Å². The number of aromatic nitrogens is 2. The number of benzene rings is 1. The first-order chi connectivity index (χ1) is 7.16. The first kappa shape index (κ1) is 10.1. The lowest BCUT2D eigenvalue weighted by atomic mass is 10.2. The number of aliphatic hydroxyl groups is 2. The second kappa shape index (κ2) is 3.98. The largest absolute Gasteiger partial charge is 0.362 e. The monoisotopic (exact) mass is 226 g/mol. The van der Waals surface area contributed by atoms with E-state index in [9.17, 15) is 0 Å². The van der Waals surface area contributed by atoms with Crippen LogP contribution in [0, 0.1) is 0 Å². The van der Waals surface area contributed by atoms with E-state index in [4.69, 9.17) is 26.3 Å². The van der Waals surface area contributed by atoms with Crippen LogP contribution in [0.4, 0.5) is 0 Å². The van der Waals surface area contributed by atoms with Crippen molar-refractivity contribution in [3.63, 3.8) is 0 Å². The highest BCUT2D eigenvalue weighted by molar-refractivity contribution is 6.30. The van der Waals surface area contributed by atoms with E-state index in [-0.39, 0.29) is 11.7 Å². The van der Waals surface area contributed by atoms with Crippen molar-refractivity contribution in [2.45, 2.75) is 6.29 Å². The number of hydrogen-bond acceptors (Lipinski definition) is 5. The van der Waals surface area contributed by atoms with Gasteiger partial charge in [-0.1, -0.05) is 16.8 Å². The molecule has 0 bridgehead atoms. The van der Waals surface area contributed by atoms with Gasteiger partial charge in [0.2, 0.25) is 12.1 Å². The molecule has 78 valence electrons. The highest BCUT2D eigenvalue weighted by Gasteiger charge is 2.13. The van der Waals surface area contributed by atoms with Crippen molar-refractivity contribution in [1.29, 1.82) is 0 Å². The van der Waals surface area contributed by atoms with Crippen LogP contribution in [0.1, 0.15) is 12.1 Å². The minimum absolute atomic E-state index is 0.167. The molecule has 0 aliphatic rings. The van der Waals surface area contributed by atoms with Gasteiger partial charge in [-0.3, -0.25) is 0 Å². The van der Waals surface area contributed by atoms with Crippen molar-refractivity contribution in [3.05, 3.63) is 35.1 Å². The van der Waals surface area contributed by atoms with Crippen molar-refractivity contribution in [2.75, 3.05) is 0 Å². The first-order valence-electron chi connectivity index (χ1n) is 4.12. The maximum atomic E-state index is 8.78. The lowest BCUT2D eigenvalue weighted by Crippen LogP contribution is -1.96. The molecule has 1 aromatic heterocycles. The molecule has 6 heteroatoms. The Labute approximate surface area is 89.9 Å². The van der Waals surface area contributed by atoms with Crippen LogP contribution in [-0.4, -0.2) is 20.4 Å². The molecule has 5 nitrogen and oxygen atoms in total. The summed E-state index contributed by atoms with van der Waals surface area (Å²) in [6.07, 6.45) is -1.73. The molecule has 0 atom stereocenters. The van der Waals surface area contributed by atoms with Crippen LogP contribution >= 0.6 is 11.6 Å². The predicted molar refractivity (Wildman–Crippen MR) is 51.9 cm³/mol. The Morgan fingerprint density at radius 3 is 2.40 bits per heavy atom. The van der Waals surface area contributed by atoms with Gasteiger partial charge in [0, 0.05) is 10.6 Å². The Morgan fingerprint density at radius 1 is 1.20 bits per heavy atom. The van der Waals surface area contributed by atoms with E-state index in [1.165, 1.54) is 0 Å². The predicted octanol–water partition coefficient (Wildman–Crippen LogP) is 1.37. The third-order valence-corrected chi connectivity index (χ3v) is 2.02. The summed E-state index contributed by atoms with van der Waals surface area (Å²) in [4.78, 5) is 3.79. The van der Waals surface area contributed by atoms with Gasteiger partial charge in [0.1, 0.15) is 0 Å². The van der Waals surface area contributed by atoms with Crippen LogP contribution < -0.4 is 0 Å². The third-order valence-electron chi connectivity index (χ3n) is 1.76. The fourth-order valence-corrected chi connectivity index (χ4v) is 1.18. The van der Waals surface area contributed by atoms with E-state index in [2.05, 4.69) is 10.1 Å². The van der Waals surface area contributed by atoms with Gasteiger partial charge >= 0.3 is 0 Å². The molecule has 0 saturated heterocycles. The molecule has 2 aromatic rings. The van der Waals surface area contributed by atoms with Crippen LogP contribution in [0.2, 0.25) is 5.02 Å². The zero-order valence-corrected chi connectivity index (χ0v) is 8.22. The Kier molecular flexibility index (Phi) is 2.68. The lowest BCUT2D eigenvalue weighted by Gasteiger charge is -1.93. The van der Waals surface area contributed by atoms with E-state index in [0.717, 1.165) is 0 Å². The summed E-state index contributed by atoms with van der Waals surface area (Å²) in [6.45, 7) is 0. The fourth-order valence-electron chi connectivity index (χ4n) is 1.05. The summed E-state index contributed by atoms with van der Waals surface area (Å²) in [7, 11) is 0. The van der Waals surface area contributed by atoms with Gasteiger partial charge in [-0.25, -0.2) is 0 Å². The zero-order chi connectivity index (χ0) is 10.8. The molecule has 15 heavy (non-hydrogen) atoms. The first-order valence-corrected chi connectivity index (χ1v) is 4.50. The normalized spacial score (nSPS) is 10.9. The van der Waals surface area contributed by atoms with E-state index in [1.54, 1.807) is 24.3 Å². The molecule has 2 N–H and O–H groups in total. The topological polar surface area (TPSA) is 79.4 Å². The Hall–Kier alpha value is -1.43. The molecule has 1 aromatic carbocycles. The zero-order valence-electron chi connectivity index (χ0n) is 7.46.